The average Bonchev–Trinajstić information content (AvgIpc) is 3.17. The molecule has 0 saturated heterocycles. The van der Waals surface area contributed by atoms with Gasteiger partial charge in [-0.1, -0.05) is 25.2 Å². The van der Waals surface area contributed by atoms with E-state index in [0.717, 1.165) is 9.52 Å². The van der Waals surface area contributed by atoms with Crippen LogP contribution in [0.2, 0.25) is 13.1 Å². The second-order valence-electron chi connectivity index (χ2n) is 4.67. The second kappa shape index (κ2) is 14.7. The van der Waals surface area contributed by atoms with Gasteiger partial charge in [-0.3, -0.25) is 24.3 Å². The van der Waals surface area contributed by atoms with Crippen LogP contribution in [0, 0.1) is 12.1 Å². The molecule has 0 nitrogen and oxygen atoms in total. The maximum Gasteiger partial charge on any atom is 2.00 e. The smallest absolute Gasteiger partial charge is 1.00 e. The summed E-state index contributed by atoms with van der Waals surface area (Å²) in [6.45, 7) is 4.31. The summed E-state index contributed by atoms with van der Waals surface area (Å²) in [5.41, 5.74) is 0. The number of fused-ring (bicyclic) bond motifs is 2. The summed E-state index contributed by atoms with van der Waals surface area (Å²) >= 11 is 0. The first-order valence-electron chi connectivity index (χ1n) is 6.96. The monoisotopic (exact) mass is 446 g/mol. The first-order chi connectivity index (χ1) is 10.3. The van der Waals surface area contributed by atoms with E-state index in [1.165, 1.54) is 21.5 Å². The average molecular weight is 449 g/mol. The molecule has 124 valence electrons. The molecule has 0 heterocycles. The van der Waals surface area contributed by atoms with Crippen LogP contribution >= 0.6 is 0 Å². The van der Waals surface area contributed by atoms with Gasteiger partial charge in [0, 0.05) is 9.52 Å². The van der Waals surface area contributed by atoms with Gasteiger partial charge in [0.15, 0.2) is 0 Å². The third kappa shape index (κ3) is 7.94. The minimum absolute atomic E-state index is 0. The summed E-state index contributed by atoms with van der Waals surface area (Å²) < 4.78 is 0. The van der Waals surface area contributed by atoms with Gasteiger partial charge in [-0.15, -0.1) is 24.3 Å². The summed E-state index contributed by atoms with van der Waals surface area (Å²) in [4.78, 5) is 0. The van der Waals surface area contributed by atoms with Crippen molar-refractivity contribution >= 4 is 31.1 Å². The fourth-order valence-electron chi connectivity index (χ4n) is 1.99. The zero-order valence-electron chi connectivity index (χ0n) is 13.7. The Morgan fingerprint density at radius 2 is 1.04 bits per heavy atom. The van der Waals surface area contributed by atoms with Crippen molar-refractivity contribution in [3.63, 3.8) is 0 Å². The Morgan fingerprint density at radius 3 is 1.38 bits per heavy atom. The van der Waals surface area contributed by atoms with E-state index in [-0.39, 0.29) is 51.0 Å². The van der Waals surface area contributed by atoms with Crippen molar-refractivity contribution in [1.29, 1.82) is 0 Å². The van der Waals surface area contributed by atoms with Crippen LogP contribution < -0.4 is 24.8 Å². The van der Waals surface area contributed by atoms with Crippen molar-refractivity contribution in [2.24, 2.45) is 0 Å². The molecule has 4 heteroatoms. The van der Waals surface area contributed by atoms with E-state index >= 15 is 0 Å². The van der Waals surface area contributed by atoms with Crippen molar-refractivity contribution < 1.29 is 51.0 Å². The maximum atomic E-state index is 3.04. The molecule has 4 rings (SSSR count). The van der Waals surface area contributed by atoms with Crippen molar-refractivity contribution in [3.8, 4) is 0 Å². The van der Waals surface area contributed by atoms with Crippen molar-refractivity contribution in [2.45, 2.75) is 13.1 Å². The summed E-state index contributed by atoms with van der Waals surface area (Å²) in [6, 6.07) is 30.6. The fraction of sp³-hybridized carbons (Fsp3) is 0.100. The minimum atomic E-state index is 0. The third-order valence-corrected chi connectivity index (χ3v) is 2.95. The van der Waals surface area contributed by atoms with E-state index in [1.807, 2.05) is 48.5 Å². The van der Waals surface area contributed by atoms with E-state index in [9.17, 15) is 0 Å². The van der Waals surface area contributed by atoms with E-state index in [1.54, 1.807) is 0 Å². The normalized spacial score (nSPS) is 8.42. The number of hydrogen-bond donors (Lipinski definition) is 0. The Hall–Kier alpha value is -0.660. The van der Waals surface area contributed by atoms with Crippen LogP contribution in [-0.2, 0) is 26.2 Å². The molecule has 0 bridgehead atoms. The molecule has 0 aliphatic carbocycles. The van der Waals surface area contributed by atoms with E-state index < -0.39 is 0 Å². The van der Waals surface area contributed by atoms with Crippen LogP contribution in [0.25, 0.3) is 21.5 Å². The Kier molecular flexibility index (Phi) is 15.6. The Bertz CT molecular complexity index is 651. The molecular weight excluding hydrogens is 430 g/mol. The Morgan fingerprint density at radius 1 is 0.708 bits per heavy atom. The fourth-order valence-corrected chi connectivity index (χ4v) is 1.99. The predicted molar refractivity (Wildman–Crippen MR) is 94.2 cm³/mol. The zero-order valence-corrected chi connectivity index (χ0v) is 18.7. The largest absolute Gasteiger partial charge is 2.00 e. The topological polar surface area (TPSA) is 0 Å². The number of benzene rings is 2. The maximum absolute atomic E-state index is 3.04. The van der Waals surface area contributed by atoms with Gasteiger partial charge in [0.2, 0.25) is 0 Å². The molecule has 0 spiro atoms. The molecule has 0 aliphatic rings. The van der Waals surface area contributed by atoms with Crippen molar-refractivity contribution in [2.75, 3.05) is 0 Å². The molecule has 0 fully saturated rings. The minimum Gasteiger partial charge on any atom is -1.00 e. The molecule has 0 saturated carbocycles. The van der Waals surface area contributed by atoms with Crippen molar-refractivity contribution in [1.82, 2.24) is 0 Å². The standard InChI is InChI=1S/2C9H6.C2H6Si.2ClH.Zr/c2*1-2-5-9-7-3-6-8(9)4-1;1-3-2;;;/h2*1-2,4-7H;1-2H3;2*1H;/q2*-2;;;;+2/p-2. The van der Waals surface area contributed by atoms with Crippen LogP contribution in [0.15, 0.2) is 72.8 Å². The van der Waals surface area contributed by atoms with E-state index in [0.29, 0.717) is 0 Å². The summed E-state index contributed by atoms with van der Waals surface area (Å²) in [5, 5.41) is 5.10. The molecule has 0 aromatic heterocycles. The second-order valence-corrected chi connectivity index (χ2v) is 5.67. The van der Waals surface area contributed by atoms with E-state index in [2.05, 4.69) is 49.5 Å². The van der Waals surface area contributed by atoms with Gasteiger partial charge in [-0.25, -0.2) is 33.7 Å². The van der Waals surface area contributed by atoms with Gasteiger partial charge >= 0.3 is 26.2 Å². The van der Waals surface area contributed by atoms with Crippen LogP contribution in [0.3, 0.4) is 0 Å². The molecular formula is C20H18Cl2SiZr-4. The van der Waals surface area contributed by atoms with Gasteiger partial charge in [0.05, 0.1) is 0 Å². The molecule has 0 unspecified atom stereocenters. The van der Waals surface area contributed by atoms with Gasteiger partial charge in [-0.05, 0) is 0 Å². The SMILES string of the molecule is C[Si]C.[Cl-].[Cl-].[Zr+2].[c-]1cc2ccccc2[cH-]1.[c-]1cc2ccccc2[cH-]1. The number of rotatable bonds is 0. The number of hydrogen-bond acceptors (Lipinski definition) is 0. The quantitative estimate of drug-likeness (QED) is 0.252. The molecule has 4 aromatic carbocycles. The molecule has 0 atom stereocenters. The molecule has 24 heavy (non-hydrogen) atoms. The first kappa shape index (κ1) is 25.6. The summed E-state index contributed by atoms with van der Waals surface area (Å²) in [5.74, 6) is 0. The van der Waals surface area contributed by atoms with Gasteiger partial charge < -0.3 is 24.8 Å². The molecule has 0 aliphatic heterocycles. The zero-order chi connectivity index (χ0) is 14.9. The van der Waals surface area contributed by atoms with Crippen LogP contribution in [0.1, 0.15) is 0 Å². The Labute approximate surface area is 179 Å². The van der Waals surface area contributed by atoms with Gasteiger partial charge in [-0.2, -0.15) is 12.1 Å². The van der Waals surface area contributed by atoms with Crippen LogP contribution in [-0.4, -0.2) is 9.52 Å². The first-order valence-corrected chi connectivity index (χ1v) is 8.96. The molecule has 4 aromatic rings. The summed E-state index contributed by atoms with van der Waals surface area (Å²) in [6.07, 6.45) is 0. The van der Waals surface area contributed by atoms with Gasteiger partial charge in [0.25, 0.3) is 0 Å². The molecule has 0 amide bonds. The molecule has 2 radical (unpaired) electrons. The Balaban J connectivity index is 0. The summed E-state index contributed by atoms with van der Waals surface area (Å²) in [7, 11) is 1.08. The van der Waals surface area contributed by atoms with Crippen LogP contribution in [0.4, 0.5) is 0 Å². The van der Waals surface area contributed by atoms with Crippen LogP contribution in [0.5, 0.6) is 0 Å². The number of halogens is 2. The molecule has 0 N–H and O–H groups in total. The third-order valence-electron chi connectivity index (χ3n) is 2.95. The van der Waals surface area contributed by atoms with E-state index in [4.69, 9.17) is 0 Å². The van der Waals surface area contributed by atoms with Crippen molar-refractivity contribution in [3.05, 3.63) is 84.9 Å². The van der Waals surface area contributed by atoms with Gasteiger partial charge in [0.1, 0.15) is 0 Å². The predicted octanol–water partition coefficient (Wildman–Crippen LogP) is -0.490.